The van der Waals surface area contributed by atoms with Crippen LogP contribution in [0.25, 0.3) is 0 Å². The Balaban J connectivity index is 1.20. The molecule has 1 saturated heterocycles. The topological polar surface area (TPSA) is 91.9 Å². The van der Waals surface area contributed by atoms with Gasteiger partial charge in [0, 0.05) is 36.9 Å². The van der Waals surface area contributed by atoms with Crippen molar-refractivity contribution in [3.8, 4) is 11.5 Å². The molecule has 1 aromatic carbocycles. The van der Waals surface area contributed by atoms with E-state index in [1.807, 2.05) is 13.0 Å². The summed E-state index contributed by atoms with van der Waals surface area (Å²) in [6.07, 6.45) is 7.55. The minimum atomic E-state index is -0.243. The van der Waals surface area contributed by atoms with Crippen LogP contribution < -0.4 is 25.4 Å². The van der Waals surface area contributed by atoms with Crippen molar-refractivity contribution in [2.24, 2.45) is 0 Å². The summed E-state index contributed by atoms with van der Waals surface area (Å²) >= 11 is 0. The largest absolute Gasteiger partial charge is 0.454 e. The minimum Gasteiger partial charge on any atom is -0.454 e. The van der Waals surface area contributed by atoms with E-state index in [9.17, 15) is 9.59 Å². The van der Waals surface area contributed by atoms with Gasteiger partial charge in [0.15, 0.2) is 11.5 Å². The molecule has 3 N–H and O–H groups in total. The van der Waals surface area contributed by atoms with E-state index in [2.05, 4.69) is 20.9 Å². The zero-order chi connectivity index (χ0) is 20.9. The maximum absolute atomic E-state index is 12.7. The molecule has 30 heavy (non-hydrogen) atoms. The van der Waals surface area contributed by atoms with E-state index in [0.717, 1.165) is 38.8 Å². The van der Waals surface area contributed by atoms with Gasteiger partial charge >= 0.3 is 6.03 Å². The molecule has 8 heteroatoms. The summed E-state index contributed by atoms with van der Waals surface area (Å²) in [4.78, 5) is 27.1. The van der Waals surface area contributed by atoms with Crippen LogP contribution in [0, 0.1) is 0 Å². The van der Waals surface area contributed by atoms with Crippen LogP contribution >= 0.6 is 0 Å². The molecule has 3 aliphatic rings. The number of carbonyl (C=O) groups excluding carboxylic acids is 2. The summed E-state index contributed by atoms with van der Waals surface area (Å²) in [5.74, 6) is 1.30. The molecule has 2 aliphatic heterocycles. The number of carbonyl (C=O) groups is 2. The van der Waals surface area contributed by atoms with Crippen molar-refractivity contribution in [3.63, 3.8) is 0 Å². The van der Waals surface area contributed by atoms with Crippen LogP contribution in [0.1, 0.15) is 51.9 Å². The Labute approximate surface area is 177 Å². The lowest BCUT2D eigenvalue weighted by Gasteiger charge is -2.35. The predicted octanol–water partition coefficient (Wildman–Crippen LogP) is 2.84. The SMILES string of the molecule is CC(C(=O)Nc1ccc2c(c1)OCO2)N1CCC(NC(=O)NC2CCCCC2)CC1. The van der Waals surface area contributed by atoms with E-state index in [-0.39, 0.29) is 30.8 Å². The molecule has 0 spiro atoms. The molecule has 164 valence electrons. The average molecular weight is 417 g/mol. The van der Waals surface area contributed by atoms with Crippen LogP contribution in [-0.4, -0.2) is 54.8 Å². The molecular weight excluding hydrogens is 384 g/mol. The van der Waals surface area contributed by atoms with E-state index in [4.69, 9.17) is 9.47 Å². The Hall–Kier alpha value is -2.48. The van der Waals surface area contributed by atoms with Crippen molar-refractivity contribution in [2.75, 3.05) is 25.2 Å². The van der Waals surface area contributed by atoms with Crippen molar-refractivity contribution in [1.29, 1.82) is 0 Å². The lowest BCUT2D eigenvalue weighted by atomic mass is 9.96. The second-order valence-corrected chi connectivity index (χ2v) is 8.50. The summed E-state index contributed by atoms with van der Waals surface area (Å²) in [5.41, 5.74) is 0.701. The normalized spacial score (nSPS) is 21.1. The molecule has 4 rings (SSSR count). The first-order valence-corrected chi connectivity index (χ1v) is 11.1. The second-order valence-electron chi connectivity index (χ2n) is 8.50. The van der Waals surface area contributed by atoms with Gasteiger partial charge in [-0.05, 0) is 44.7 Å². The van der Waals surface area contributed by atoms with Gasteiger partial charge in [0.2, 0.25) is 12.7 Å². The fraction of sp³-hybridized carbons (Fsp3) is 0.636. The highest BCUT2D eigenvalue weighted by Crippen LogP contribution is 2.34. The smallest absolute Gasteiger partial charge is 0.315 e. The molecule has 1 unspecified atom stereocenters. The van der Waals surface area contributed by atoms with E-state index >= 15 is 0 Å². The summed E-state index contributed by atoms with van der Waals surface area (Å²) in [7, 11) is 0. The number of likely N-dealkylation sites (tertiary alicyclic amines) is 1. The highest BCUT2D eigenvalue weighted by molar-refractivity contribution is 5.94. The number of anilines is 1. The molecule has 1 saturated carbocycles. The molecule has 1 aliphatic carbocycles. The third-order valence-corrected chi connectivity index (χ3v) is 6.37. The standard InChI is InChI=1S/C22H32N4O4/c1-15(21(27)23-18-7-8-19-20(13-18)30-14-29-19)26-11-9-17(10-12-26)25-22(28)24-16-5-3-2-4-6-16/h7-8,13,15-17H,2-6,9-12,14H2,1H3,(H,23,27)(H2,24,25,28). The Morgan fingerprint density at radius 2 is 1.63 bits per heavy atom. The molecule has 2 heterocycles. The van der Waals surface area contributed by atoms with Gasteiger partial charge in [0.25, 0.3) is 0 Å². The molecule has 1 atom stereocenters. The zero-order valence-corrected chi connectivity index (χ0v) is 17.6. The van der Waals surface area contributed by atoms with Crippen molar-refractivity contribution in [3.05, 3.63) is 18.2 Å². The molecule has 1 aromatic rings. The van der Waals surface area contributed by atoms with Crippen LogP contribution in [0.5, 0.6) is 11.5 Å². The van der Waals surface area contributed by atoms with E-state index < -0.39 is 0 Å². The van der Waals surface area contributed by atoms with Crippen LogP contribution in [0.2, 0.25) is 0 Å². The van der Waals surface area contributed by atoms with Gasteiger partial charge in [-0.3, -0.25) is 9.69 Å². The Morgan fingerprint density at radius 1 is 0.967 bits per heavy atom. The number of fused-ring (bicyclic) bond motifs is 1. The van der Waals surface area contributed by atoms with Gasteiger partial charge in [-0.15, -0.1) is 0 Å². The monoisotopic (exact) mass is 416 g/mol. The Kier molecular flexibility index (Phi) is 6.62. The maximum Gasteiger partial charge on any atom is 0.315 e. The van der Waals surface area contributed by atoms with Crippen LogP contribution in [-0.2, 0) is 4.79 Å². The number of nitrogens with zero attached hydrogens (tertiary/aromatic N) is 1. The quantitative estimate of drug-likeness (QED) is 0.687. The number of amides is 3. The Morgan fingerprint density at radius 3 is 2.37 bits per heavy atom. The van der Waals surface area contributed by atoms with Gasteiger partial charge in [0.05, 0.1) is 6.04 Å². The fourth-order valence-electron chi connectivity index (χ4n) is 4.48. The number of piperidine rings is 1. The van der Waals surface area contributed by atoms with Crippen LogP contribution in [0.15, 0.2) is 18.2 Å². The lowest BCUT2D eigenvalue weighted by Crippen LogP contribution is -2.53. The zero-order valence-electron chi connectivity index (χ0n) is 17.6. The van der Waals surface area contributed by atoms with Gasteiger partial charge in [-0.2, -0.15) is 0 Å². The number of benzene rings is 1. The van der Waals surface area contributed by atoms with E-state index in [0.29, 0.717) is 23.2 Å². The first kappa shape index (κ1) is 20.8. The van der Waals surface area contributed by atoms with Gasteiger partial charge < -0.3 is 25.4 Å². The van der Waals surface area contributed by atoms with E-state index in [1.165, 1.54) is 19.3 Å². The first-order chi connectivity index (χ1) is 14.6. The number of hydrogen-bond donors (Lipinski definition) is 3. The highest BCUT2D eigenvalue weighted by atomic mass is 16.7. The summed E-state index contributed by atoms with van der Waals surface area (Å²) in [6.45, 7) is 3.70. The molecule has 0 radical (unpaired) electrons. The van der Waals surface area contributed by atoms with Gasteiger partial charge in [0.1, 0.15) is 0 Å². The molecule has 0 bridgehead atoms. The number of rotatable bonds is 5. The summed E-state index contributed by atoms with van der Waals surface area (Å²) < 4.78 is 10.7. The molecule has 3 amide bonds. The number of urea groups is 1. The minimum absolute atomic E-state index is 0.0460. The molecule has 8 nitrogen and oxygen atoms in total. The molecular formula is C22H32N4O4. The van der Waals surface area contributed by atoms with Crippen LogP contribution in [0.4, 0.5) is 10.5 Å². The van der Waals surface area contributed by atoms with Crippen molar-refractivity contribution in [1.82, 2.24) is 15.5 Å². The summed E-state index contributed by atoms with van der Waals surface area (Å²) in [6, 6.07) is 5.60. The second kappa shape index (κ2) is 9.55. The van der Waals surface area contributed by atoms with Crippen molar-refractivity contribution < 1.29 is 19.1 Å². The maximum atomic E-state index is 12.7. The number of hydrogen-bond acceptors (Lipinski definition) is 5. The number of nitrogens with one attached hydrogen (secondary N) is 3. The lowest BCUT2D eigenvalue weighted by molar-refractivity contribution is -0.121. The number of ether oxygens (including phenoxy) is 2. The highest BCUT2D eigenvalue weighted by Gasteiger charge is 2.28. The van der Waals surface area contributed by atoms with Crippen LogP contribution in [0.3, 0.4) is 0 Å². The van der Waals surface area contributed by atoms with Gasteiger partial charge in [-0.1, -0.05) is 19.3 Å². The Bertz CT molecular complexity index is 758. The first-order valence-electron chi connectivity index (χ1n) is 11.1. The van der Waals surface area contributed by atoms with Crippen molar-refractivity contribution in [2.45, 2.75) is 70.0 Å². The molecule has 2 fully saturated rings. The fourth-order valence-corrected chi connectivity index (χ4v) is 4.48. The third-order valence-electron chi connectivity index (χ3n) is 6.37. The predicted molar refractivity (Wildman–Crippen MR) is 114 cm³/mol. The van der Waals surface area contributed by atoms with Crippen molar-refractivity contribution >= 4 is 17.6 Å². The van der Waals surface area contributed by atoms with Gasteiger partial charge in [-0.25, -0.2) is 4.79 Å². The third kappa shape index (κ3) is 5.16. The summed E-state index contributed by atoms with van der Waals surface area (Å²) in [5, 5.41) is 9.19. The molecule has 0 aromatic heterocycles. The average Bonchev–Trinajstić information content (AvgIpc) is 3.22. The van der Waals surface area contributed by atoms with E-state index in [1.54, 1.807) is 12.1 Å².